The van der Waals surface area contributed by atoms with E-state index in [0.717, 1.165) is 11.1 Å². The van der Waals surface area contributed by atoms with Gasteiger partial charge in [-0.2, -0.15) is 12.6 Å². The fraction of sp³-hybridized carbons (Fsp3) is 0.200. The van der Waals surface area contributed by atoms with Crippen LogP contribution in [0.4, 0.5) is 0 Å². The van der Waals surface area contributed by atoms with E-state index in [4.69, 9.17) is 5.73 Å². The molecule has 0 aliphatic rings. The molecule has 6 heteroatoms. The van der Waals surface area contributed by atoms with Gasteiger partial charge in [0.25, 0.3) is 0 Å². The highest BCUT2D eigenvalue weighted by Crippen LogP contribution is 2.17. The van der Waals surface area contributed by atoms with Gasteiger partial charge in [0.2, 0.25) is 10.0 Å². The molecule has 2 aromatic carbocycles. The average Bonchev–Trinajstić information content (AvgIpc) is 2.53. The van der Waals surface area contributed by atoms with Crippen LogP contribution in [0.1, 0.15) is 17.2 Å². The zero-order valence-electron chi connectivity index (χ0n) is 11.4. The number of benzene rings is 2. The smallest absolute Gasteiger partial charge is 0.240 e. The van der Waals surface area contributed by atoms with Crippen LogP contribution >= 0.6 is 12.6 Å². The number of nitrogens with one attached hydrogen (secondary N) is 1. The number of thiol groups is 1. The fourth-order valence-corrected chi connectivity index (χ4v) is 3.16. The highest BCUT2D eigenvalue weighted by molar-refractivity contribution is 7.89. The van der Waals surface area contributed by atoms with Crippen molar-refractivity contribution in [2.45, 2.75) is 17.5 Å². The van der Waals surface area contributed by atoms with Crippen LogP contribution in [0.5, 0.6) is 0 Å². The zero-order valence-corrected chi connectivity index (χ0v) is 13.1. The predicted octanol–water partition coefficient (Wildman–Crippen LogP) is 2.09. The second kappa shape index (κ2) is 7.09. The van der Waals surface area contributed by atoms with Crippen molar-refractivity contribution < 1.29 is 8.42 Å². The molecule has 21 heavy (non-hydrogen) atoms. The third kappa shape index (κ3) is 4.31. The molecule has 4 nitrogen and oxygen atoms in total. The maximum Gasteiger partial charge on any atom is 0.240 e. The largest absolute Gasteiger partial charge is 0.323 e. The monoisotopic (exact) mass is 322 g/mol. The van der Waals surface area contributed by atoms with Crippen LogP contribution in [0.15, 0.2) is 59.5 Å². The average molecular weight is 322 g/mol. The quantitative estimate of drug-likeness (QED) is 0.713. The first-order chi connectivity index (χ1) is 10.0. The van der Waals surface area contributed by atoms with Crippen LogP contribution in [-0.2, 0) is 16.6 Å². The second-order valence-corrected chi connectivity index (χ2v) is 6.80. The van der Waals surface area contributed by atoms with Crippen LogP contribution in [-0.4, -0.2) is 14.2 Å². The van der Waals surface area contributed by atoms with Crippen LogP contribution < -0.4 is 10.5 Å². The van der Waals surface area contributed by atoms with Crippen molar-refractivity contribution in [1.82, 2.24) is 4.72 Å². The summed E-state index contributed by atoms with van der Waals surface area (Å²) in [6.45, 7) is 0.256. The Morgan fingerprint density at radius 1 is 1.10 bits per heavy atom. The van der Waals surface area contributed by atoms with E-state index in [-0.39, 0.29) is 17.5 Å². The minimum atomic E-state index is -3.55. The molecule has 0 aliphatic heterocycles. The number of hydrogen-bond donors (Lipinski definition) is 3. The van der Waals surface area contributed by atoms with Gasteiger partial charge < -0.3 is 5.73 Å². The maximum absolute atomic E-state index is 12.3. The number of hydrogen-bond acceptors (Lipinski definition) is 4. The van der Waals surface area contributed by atoms with E-state index < -0.39 is 10.0 Å². The summed E-state index contributed by atoms with van der Waals surface area (Å²) in [4.78, 5) is 0.216. The van der Waals surface area contributed by atoms with Gasteiger partial charge in [-0.1, -0.05) is 42.5 Å². The van der Waals surface area contributed by atoms with Gasteiger partial charge in [0.05, 0.1) is 4.90 Å². The molecule has 0 aliphatic carbocycles. The van der Waals surface area contributed by atoms with Gasteiger partial charge in [-0.3, -0.25) is 0 Å². The van der Waals surface area contributed by atoms with Crippen molar-refractivity contribution in [3.63, 3.8) is 0 Å². The fourth-order valence-electron chi connectivity index (χ4n) is 1.88. The Balaban J connectivity index is 2.16. The third-order valence-electron chi connectivity index (χ3n) is 3.10. The molecule has 0 spiro atoms. The molecule has 0 heterocycles. The normalized spacial score (nSPS) is 13.0. The molecule has 2 aromatic rings. The summed E-state index contributed by atoms with van der Waals surface area (Å²) in [5, 5.41) is 0. The summed E-state index contributed by atoms with van der Waals surface area (Å²) in [7, 11) is -3.55. The van der Waals surface area contributed by atoms with Crippen LogP contribution in [0.3, 0.4) is 0 Å². The van der Waals surface area contributed by atoms with Crippen molar-refractivity contribution in [2.75, 3.05) is 5.75 Å². The molecule has 0 bridgehead atoms. The first-order valence-corrected chi connectivity index (χ1v) is 8.64. The third-order valence-corrected chi connectivity index (χ3v) is 4.89. The van der Waals surface area contributed by atoms with Gasteiger partial charge in [-0.05, 0) is 23.3 Å². The van der Waals surface area contributed by atoms with E-state index in [1.807, 2.05) is 30.3 Å². The minimum Gasteiger partial charge on any atom is -0.323 e. The first kappa shape index (κ1) is 16.0. The van der Waals surface area contributed by atoms with Gasteiger partial charge in [-0.25, -0.2) is 13.1 Å². The summed E-state index contributed by atoms with van der Waals surface area (Å²) < 4.78 is 27.2. The molecule has 1 unspecified atom stereocenters. The van der Waals surface area contributed by atoms with E-state index in [9.17, 15) is 8.42 Å². The molecule has 0 fully saturated rings. The van der Waals surface area contributed by atoms with Crippen molar-refractivity contribution in [3.8, 4) is 0 Å². The maximum atomic E-state index is 12.3. The number of nitrogens with two attached hydrogens (primary N) is 1. The topological polar surface area (TPSA) is 72.2 Å². The molecule has 0 aromatic heterocycles. The minimum absolute atomic E-state index is 0.216. The Morgan fingerprint density at radius 2 is 1.81 bits per heavy atom. The molecular formula is C15H18N2O2S2. The second-order valence-electron chi connectivity index (χ2n) is 4.67. The van der Waals surface area contributed by atoms with Gasteiger partial charge in [0, 0.05) is 18.3 Å². The molecule has 0 saturated heterocycles. The molecule has 112 valence electrons. The molecule has 0 amide bonds. The van der Waals surface area contributed by atoms with E-state index in [1.54, 1.807) is 24.3 Å². The van der Waals surface area contributed by atoms with Gasteiger partial charge in [-0.15, -0.1) is 0 Å². The Morgan fingerprint density at radius 3 is 2.48 bits per heavy atom. The van der Waals surface area contributed by atoms with Gasteiger partial charge in [0.15, 0.2) is 0 Å². The lowest BCUT2D eigenvalue weighted by molar-refractivity contribution is 0.581. The molecule has 1 atom stereocenters. The van der Waals surface area contributed by atoms with E-state index in [1.165, 1.54) is 0 Å². The van der Waals surface area contributed by atoms with Crippen LogP contribution in [0.25, 0.3) is 0 Å². The van der Waals surface area contributed by atoms with Crippen molar-refractivity contribution in [3.05, 3.63) is 65.7 Å². The lowest BCUT2D eigenvalue weighted by Crippen LogP contribution is -2.23. The SMILES string of the molecule is NC(CS)c1cccc(S(=O)(=O)NCc2ccccc2)c1. The Bertz CT molecular complexity index is 688. The van der Waals surface area contributed by atoms with E-state index >= 15 is 0 Å². The molecule has 3 N–H and O–H groups in total. The first-order valence-electron chi connectivity index (χ1n) is 6.53. The summed E-state index contributed by atoms with van der Waals surface area (Å²) in [5.74, 6) is 0.459. The summed E-state index contributed by atoms with van der Waals surface area (Å²) >= 11 is 4.13. The molecule has 2 rings (SSSR count). The molecule has 0 radical (unpaired) electrons. The van der Waals surface area contributed by atoms with Crippen molar-refractivity contribution >= 4 is 22.7 Å². The number of rotatable bonds is 6. The molecular weight excluding hydrogens is 304 g/mol. The lowest BCUT2D eigenvalue weighted by Gasteiger charge is -2.11. The highest BCUT2D eigenvalue weighted by atomic mass is 32.2. The summed E-state index contributed by atoms with van der Waals surface area (Å²) in [6.07, 6.45) is 0. The van der Waals surface area contributed by atoms with Crippen LogP contribution in [0, 0.1) is 0 Å². The van der Waals surface area contributed by atoms with Crippen LogP contribution in [0.2, 0.25) is 0 Å². The Kier molecular flexibility index (Phi) is 5.41. The van der Waals surface area contributed by atoms with Crippen molar-refractivity contribution in [2.24, 2.45) is 5.73 Å². The summed E-state index contributed by atoms with van der Waals surface area (Å²) in [5.41, 5.74) is 7.54. The van der Waals surface area contributed by atoms with Crippen molar-refractivity contribution in [1.29, 1.82) is 0 Å². The Labute approximate surface area is 130 Å². The highest BCUT2D eigenvalue weighted by Gasteiger charge is 2.15. The van der Waals surface area contributed by atoms with Gasteiger partial charge >= 0.3 is 0 Å². The lowest BCUT2D eigenvalue weighted by atomic mass is 10.1. The summed E-state index contributed by atoms with van der Waals surface area (Å²) in [6, 6.07) is 15.7. The molecule has 0 saturated carbocycles. The number of sulfonamides is 1. The van der Waals surface area contributed by atoms with E-state index in [2.05, 4.69) is 17.4 Å². The standard InChI is InChI=1S/C15H18N2O2S2/c16-15(11-20)13-7-4-8-14(9-13)21(18,19)17-10-12-5-2-1-3-6-12/h1-9,15,17,20H,10-11,16H2. The van der Waals surface area contributed by atoms with E-state index in [0.29, 0.717) is 5.75 Å². The Hall–Kier alpha value is -1.34. The zero-order chi connectivity index (χ0) is 15.3. The van der Waals surface area contributed by atoms with Gasteiger partial charge in [0.1, 0.15) is 0 Å². The predicted molar refractivity (Wildman–Crippen MR) is 87.7 cm³/mol.